The summed E-state index contributed by atoms with van der Waals surface area (Å²) >= 11 is 17.8. The van der Waals surface area contributed by atoms with Crippen molar-refractivity contribution in [2.24, 2.45) is 0 Å². The lowest BCUT2D eigenvalue weighted by molar-refractivity contribution is 1.16. The summed E-state index contributed by atoms with van der Waals surface area (Å²) in [5.74, 6) is 0. The minimum Gasteiger partial charge on any atom is -0.146 e. The van der Waals surface area contributed by atoms with Crippen LogP contribution in [0, 0.1) is 6.92 Å². The van der Waals surface area contributed by atoms with Crippen molar-refractivity contribution in [2.45, 2.75) is 12.3 Å². The lowest BCUT2D eigenvalue weighted by atomic mass is 10.1. The van der Waals surface area contributed by atoms with E-state index >= 15 is 0 Å². The van der Waals surface area contributed by atoms with Gasteiger partial charge in [0.05, 0.1) is 5.38 Å². The Morgan fingerprint density at radius 1 is 1.31 bits per heavy atom. The van der Waals surface area contributed by atoms with Crippen molar-refractivity contribution in [1.29, 1.82) is 0 Å². The van der Waals surface area contributed by atoms with E-state index in [0.29, 0.717) is 0 Å². The number of aryl methyl sites for hydroxylation is 1. The topological polar surface area (TPSA) is 0 Å². The predicted molar refractivity (Wildman–Crippen MR) is 75.9 cm³/mol. The van der Waals surface area contributed by atoms with Crippen LogP contribution in [0.3, 0.4) is 0 Å². The van der Waals surface area contributed by atoms with Gasteiger partial charge in [-0.1, -0.05) is 29.8 Å². The summed E-state index contributed by atoms with van der Waals surface area (Å²) < 4.78 is 1.04. The number of hydrogen-bond donors (Lipinski definition) is 0. The first-order valence-electron chi connectivity index (χ1n) is 4.73. The highest BCUT2D eigenvalue weighted by atomic mass is 79.9. The first kappa shape index (κ1) is 12.4. The third-order valence-electron chi connectivity index (χ3n) is 2.37. The molecule has 0 spiro atoms. The SMILES string of the molecule is Cc1cccc(C(Cl)c2sccc2Br)c1Cl. The van der Waals surface area contributed by atoms with Crippen LogP contribution in [0.2, 0.25) is 5.02 Å². The Bertz CT molecular complexity index is 507. The molecule has 0 amide bonds. The van der Waals surface area contributed by atoms with Crippen LogP contribution in [0.25, 0.3) is 0 Å². The van der Waals surface area contributed by atoms with Crippen LogP contribution in [0.1, 0.15) is 21.4 Å². The molecule has 2 rings (SSSR count). The minimum atomic E-state index is -0.193. The first-order valence-corrected chi connectivity index (χ1v) is 7.22. The molecule has 0 radical (unpaired) electrons. The van der Waals surface area contributed by atoms with Gasteiger partial charge in [0.15, 0.2) is 0 Å². The zero-order valence-corrected chi connectivity index (χ0v) is 12.4. The molecular formula is C12H9BrCl2S. The van der Waals surface area contributed by atoms with Gasteiger partial charge in [-0.15, -0.1) is 22.9 Å². The van der Waals surface area contributed by atoms with Gasteiger partial charge in [-0.2, -0.15) is 0 Å². The Morgan fingerprint density at radius 3 is 2.69 bits per heavy atom. The van der Waals surface area contributed by atoms with Crippen LogP contribution in [-0.2, 0) is 0 Å². The number of hydrogen-bond acceptors (Lipinski definition) is 1. The predicted octanol–water partition coefficient (Wildman–Crippen LogP) is 5.80. The highest BCUT2D eigenvalue weighted by Crippen LogP contribution is 2.40. The molecule has 2 aromatic rings. The maximum Gasteiger partial charge on any atom is 0.0953 e. The Labute approximate surface area is 117 Å². The molecular weight excluding hydrogens is 327 g/mol. The zero-order chi connectivity index (χ0) is 11.7. The van der Waals surface area contributed by atoms with Gasteiger partial charge in [0.25, 0.3) is 0 Å². The average Bonchev–Trinajstić information content (AvgIpc) is 2.68. The molecule has 1 aromatic carbocycles. The molecule has 1 unspecified atom stereocenters. The molecule has 16 heavy (non-hydrogen) atoms. The van der Waals surface area contributed by atoms with Crippen molar-refractivity contribution in [3.05, 3.63) is 55.1 Å². The molecule has 4 heteroatoms. The van der Waals surface area contributed by atoms with Crippen molar-refractivity contribution >= 4 is 50.5 Å². The van der Waals surface area contributed by atoms with E-state index < -0.39 is 0 Å². The fourth-order valence-corrected chi connectivity index (χ4v) is 3.96. The van der Waals surface area contributed by atoms with E-state index in [0.717, 1.165) is 25.5 Å². The Kier molecular flexibility index (Phi) is 3.96. The Hall–Kier alpha value is -0.0200. The minimum absolute atomic E-state index is 0.193. The number of halogens is 3. The third-order valence-corrected chi connectivity index (χ3v) is 5.40. The monoisotopic (exact) mass is 334 g/mol. The normalized spacial score (nSPS) is 12.8. The fourth-order valence-electron chi connectivity index (χ4n) is 1.49. The van der Waals surface area contributed by atoms with E-state index in [4.69, 9.17) is 23.2 Å². The molecule has 1 atom stereocenters. The van der Waals surface area contributed by atoms with Gasteiger partial charge >= 0.3 is 0 Å². The molecule has 0 fully saturated rings. The van der Waals surface area contributed by atoms with Crippen molar-refractivity contribution < 1.29 is 0 Å². The molecule has 0 saturated carbocycles. The highest BCUT2D eigenvalue weighted by Gasteiger charge is 2.18. The maximum absolute atomic E-state index is 6.45. The van der Waals surface area contributed by atoms with Crippen molar-refractivity contribution in [1.82, 2.24) is 0 Å². The lowest BCUT2D eigenvalue weighted by Crippen LogP contribution is -1.93. The van der Waals surface area contributed by atoms with Crippen molar-refractivity contribution in [3.63, 3.8) is 0 Å². The fraction of sp³-hybridized carbons (Fsp3) is 0.167. The second-order valence-corrected chi connectivity index (χ2v) is 6.09. The van der Waals surface area contributed by atoms with Gasteiger partial charge in [0, 0.05) is 14.4 Å². The number of thiophene rings is 1. The largest absolute Gasteiger partial charge is 0.146 e. The van der Waals surface area contributed by atoms with E-state index in [1.54, 1.807) is 11.3 Å². The van der Waals surface area contributed by atoms with Crippen LogP contribution < -0.4 is 0 Å². The molecule has 0 N–H and O–H groups in total. The van der Waals surface area contributed by atoms with E-state index in [1.807, 2.05) is 36.6 Å². The third kappa shape index (κ3) is 2.30. The number of benzene rings is 1. The van der Waals surface area contributed by atoms with Crippen LogP contribution in [0.5, 0.6) is 0 Å². The van der Waals surface area contributed by atoms with Gasteiger partial charge < -0.3 is 0 Å². The summed E-state index contributed by atoms with van der Waals surface area (Å²) in [7, 11) is 0. The molecule has 0 aliphatic rings. The lowest BCUT2D eigenvalue weighted by Gasteiger charge is -2.12. The van der Waals surface area contributed by atoms with Gasteiger partial charge in [0.2, 0.25) is 0 Å². The van der Waals surface area contributed by atoms with Crippen LogP contribution in [0.4, 0.5) is 0 Å². The quantitative estimate of drug-likeness (QED) is 0.608. The average molecular weight is 336 g/mol. The standard InChI is InChI=1S/C12H9BrCl2S/c1-7-3-2-4-8(10(7)14)11(15)12-9(13)5-6-16-12/h2-6,11H,1H3. The van der Waals surface area contributed by atoms with Gasteiger partial charge in [-0.25, -0.2) is 0 Å². The van der Waals surface area contributed by atoms with Gasteiger partial charge in [0.1, 0.15) is 0 Å². The molecule has 0 nitrogen and oxygen atoms in total. The smallest absolute Gasteiger partial charge is 0.0953 e. The molecule has 0 aliphatic heterocycles. The summed E-state index contributed by atoms with van der Waals surface area (Å²) in [5.41, 5.74) is 2.02. The molecule has 0 saturated heterocycles. The molecule has 1 heterocycles. The van der Waals surface area contributed by atoms with E-state index in [9.17, 15) is 0 Å². The Balaban J connectivity index is 2.46. The molecule has 1 aromatic heterocycles. The second kappa shape index (κ2) is 5.09. The summed E-state index contributed by atoms with van der Waals surface area (Å²) in [4.78, 5) is 1.09. The van der Waals surface area contributed by atoms with Gasteiger partial charge in [-0.3, -0.25) is 0 Å². The molecule has 0 bridgehead atoms. The van der Waals surface area contributed by atoms with Crippen LogP contribution in [0.15, 0.2) is 34.1 Å². The number of alkyl halides is 1. The second-order valence-electron chi connectivity index (χ2n) is 3.47. The van der Waals surface area contributed by atoms with Crippen molar-refractivity contribution in [3.8, 4) is 0 Å². The zero-order valence-electron chi connectivity index (χ0n) is 8.51. The Morgan fingerprint density at radius 2 is 2.06 bits per heavy atom. The first-order chi connectivity index (χ1) is 7.61. The summed E-state index contributed by atoms with van der Waals surface area (Å²) in [6.07, 6.45) is 0. The van der Waals surface area contributed by atoms with Crippen LogP contribution >= 0.6 is 50.5 Å². The van der Waals surface area contributed by atoms with Crippen molar-refractivity contribution in [2.75, 3.05) is 0 Å². The van der Waals surface area contributed by atoms with Crippen LogP contribution in [-0.4, -0.2) is 0 Å². The molecule has 84 valence electrons. The summed E-state index contributed by atoms with van der Waals surface area (Å²) in [5, 5.41) is 2.57. The highest BCUT2D eigenvalue weighted by molar-refractivity contribution is 9.10. The maximum atomic E-state index is 6.45. The van der Waals surface area contributed by atoms with E-state index in [2.05, 4.69) is 15.9 Å². The van der Waals surface area contributed by atoms with E-state index in [1.165, 1.54) is 0 Å². The summed E-state index contributed by atoms with van der Waals surface area (Å²) in [6.45, 7) is 1.99. The summed E-state index contributed by atoms with van der Waals surface area (Å²) in [6, 6.07) is 7.94. The van der Waals surface area contributed by atoms with E-state index in [-0.39, 0.29) is 5.38 Å². The molecule has 0 aliphatic carbocycles. The van der Waals surface area contributed by atoms with Gasteiger partial charge in [-0.05, 0) is 45.4 Å². The number of rotatable bonds is 2.